The zero-order valence-electron chi connectivity index (χ0n) is 21.3. The van der Waals surface area contributed by atoms with Crippen molar-refractivity contribution in [3.05, 3.63) is 82.7 Å². The third kappa shape index (κ3) is 5.93. The van der Waals surface area contributed by atoms with Crippen molar-refractivity contribution in [3.8, 4) is 6.07 Å². The minimum atomic E-state index is -3.59. The number of nitrogens with one attached hydrogen (secondary N) is 2. The van der Waals surface area contributed by atoms with Gasteiger partial charge in [0, 0.05) is 37.9 Å². The van der Waals surface area contributed by atoms with Crippen LogP contribution in [0.25, 0.3) is 0 Å². The number of aldehydes is 1. The Labute approximate surface area is 222 Å². The fourth-order valence-electron chi connectivity index (χ4n) is 4.41. The third-order valence-electron chi connectivity index (χ3n) is 6.76. The number of rotatable bonds is 12. The maximum Gasteiger partial charge on any atom is 0.272 e. The van der Waals surface area contributed by atoms with Crippen molar-refractivity contribution in [2.75, 3.05) is 24.9 Å². The number of hydrogen-bond donors (Lipinski definition) is 2. The molecule has 0 unspecified atom stereocenters. The molecule has 1 fully saturated rings. The number of benzene rings is 2. The lowest BCUT2D eigenvalue weighted by atomic mass is 10.1. The van der Waals surface area contributed by atoms with Crippen molar-refractivity contribution in [2.45, 2.75) is 30.6 Å². The van der Waals surface area contributed by atoms with Gasteiger partial charge in [0.1, 0.15) is 10.4 Å². The average Bonchev–Trinajstić information content (AvgIpc) is 3.63. The number of carbonyl (C=O) groups is 2. The first-order valence-corrected chi connectivity index (χ1v) is 13.7. The summed E-state index contributed by atoms with van der Waals surface area (Å²) in [6.07, 6.45) is 2.15. The van der Waals surface area contributed by atoms with Gasteiger partial charge in [-0.1, -0.05) is 30.3 Å². The monoisotopic (exact) mass is 534 g/mol. The lowest BCUT2D eigenvalue weighted by Crippen LogP contribution is -2.40. The Balaban J connectivity index is 1.41. The predicted molar refractivity (Wildman–Crippen MR) is 143 cm³/mol. The highest BCUT2D eigenvalue weighted by Gasteiger charge is 2.55. The molecule has 2 aromatic carbocycles. The van der Waals surface area contributed by atoms with Crippen molar-refractivity contribution >= 4 is 27.9 Å². The molecule has 1 heterocycles. The van der Waals surface area contributed by atoms with Gasteiger partial charge in [0.25, 0.3) is 5.91 Å². The largest absolute Gasteiger partial charge is 0.347 e. The first kappa shape index (κ1) is 27.0. The topological polar surface area (TPSA) is 137 Å². The van der Waals surface area contributed by atoms with Crippen LogP contribution in [0.3, 0.4) is 0 Å². The van der Waals surface area contributed by atoms with Gasteiger partial charge in [-0.3, -0.25) is 19.0 Å². The van der Waals surface area contributed by atoms with Gasteiger partial charge in [-0.05, 0) is 56.1 Å². The maximum atomic E-state index is 13.1. The van der Waals surface area contributed by atoms with E-state index in [0.29, 0.717) is 61.1 Å². The molecule has 11 heteroatoms. The molecular formula is C27H30N6O4S. The minimum Gasteiger partial charge on any atom is -0.347 e. The number of anilines is 1. The van der Waals surface area contributed by atoms with Gasteiger partial charge >= 0.3 is 0 Å². The molecule has 1 saturated carbocycles. The summed E-state index contributed by atoms with van der Waals surface area (Å²) in [5.41, 5.74) is 2.87. The highest BCUT2D eigenvalue weighted by atomic mass is 32.2. The summed E-state index contributed by atoms with van der Waals surface area (Å²) in [6, 6.07) is 17.7. The van der Waals surface area contributed by atoms with Crippen molar-refractivity contribution < 1.29 is 18.0 Å². The van der Waals surface area contributed by atoms with E-state index in [1.807, 2.05) is 18.0 Å². The first-order chi connectivity index (χ1) is 18.2. The second kappa shape index (κ2) is 11.2. The molecule has 0 spiro atoms. The zero-order chi connectivity index (χ0) is 27.3. The van der Waals surface area contributed by atoms with Gasteiger partial charge in [0.2, 0.25) is 10.0 Å². The van der Waals surface area contributed by atoms with Gasteiger partial charge < -0.3 is 10.2 Å². The van der Waals surface area contributed by atoms with Crippen LogP contribution in [-0.4, -0.2) is 60.2 Å². The number of nitrogens with zero attached hydrogens (tertiary/aromatic N) is 4. The normalized spacial score (nSPS) is 14.1. The lowest BCUT2D eigenvalue weighted by Gasteiger charge is -2.24. The fourth-order valence-corrected chi connectivity index (χ4v) is 6.11. The van der Waals surface area contributed by atoms with Crippen LogP contribution < -0.4 is 10.0 Å². The molecule has 4 rings (SSSR count). The number of sulfonamides is 1. The van der Waals surface area contributed by atoms with E-state index < -0.39 is 20.7 Å². The van der Waals surface area contributed by atoms with Crippen LogP contribution in [0.5, 0.6) is 0 Å². The molecule has 0 saturated heterocycles. The number of amides is 1. The smallest absolute Gasteiger partial charge is 0.272 e. The Bertz CT molecular complexity index is 1460. The van der Waals surface area contributed by atoms with Crippen LogP contribution in [0.2, 0.25) is 0 Å². The molecule has 10 nitrogen and oxygen atoms in total. The molecule has 1 aromatic heterocycles. The average molecular weight is 535 g/mol. The number of para-hydroxylation sites is 1. The van der Waals surface area contributed by atoms with Crippen LogP contribution in [0.15, 0.2) is 54.6 Å². The van der Waals surface area contributed by atoms with E-state index in [2.05, 4.69) is 21.2 Å². The quantitative estimate of drug-likeness (QED) is 0.341. The van der Waals surface area contributed by atoms with E-state index in [1.54, 1.807) is 55.6 Å². The summed E-state index contributed by atoms with van der Waals surface area (Å²) in [6.45, 7) is 1.00. The van der Waals surface area contributed by atoms with Gasteiger partial charge in [-0.15, -0.1) is 0 Å². The summed E-state index contributed by atoms with van der Waals surface area (Å²) < 4.78 is 29.4. The molecule has 0 atom stereocenters. The molecule has 1 amide bonds. The lowest BCUT2D eigenvalue weighted by molar-refractivity contribution is 0.0944. The Kier molecular flexibility index (Phi) is 7.94. The standard InChI is InChI=1S/C27H30N6O4S/c1-32(19-27(13-14-27)38(36,37)31-22-6-4-3-5-7-22)15-12-23-24(18-34)33(2)30-25(23)26(35)29-17-21-10-8-20(16-28)9-11-21/h3-11,18,31H,12-15,17,19H2,1-2H3,(H,29,35). The van der Waals surface area contributed by atoms with Crippen LogP contribution in [-0.2, 0) is 30.0 Å². The van der Waals surface area contributed by atoms with Crippen LogP contribution in [0.1, 0.15) is 50.5 Å². The van der Waals surface area contributed by atoms with Crippen LogP contribution in [0, 0.1) is 11.3 Å². The molecule has 2 N–H and O–H groups in total. The van der Waals surface area contributed by atoms with Gasteiger partial charge in [-0.2, -0.15) is 10.4 Å². The summed E-state index contributed by atoms with van der Waals surface area (Å²) in [7, 11) is -0.155. The third-order valence-corrected chi connectivity index (χ3v) is 8.94. The van der Waals surface area contributed by atoms with Crippen molar-refractivity contribution in [3.63, 3.8) is 0 Å². The summed E-state index contributed by atoms with van der Waals surface area (Å²) >= 11 is 0. The summed E-state index contributed by atoms with van der Waals surface area (Å²) in [5.74, 6) is -0.413. The molecular weight excluding hydrogens is 504 g/mol. The number of nitriles is 1. The fraction of sp³-hybridized carbons (Fsp3) is 0.333. The molecule has 3 aromatic rings. The van der Waals surface area contributed by atoms with Gasteiger partial charge in [0.05, 0.1) is 11.6 Å². The van der Waals surface area contributed by atoms with Crippen molar-refractivity contribution in [2.24, 2.45) is 7.05 Å². The number of aromatic nitrogens is 2. The molecule has 0 bridgehead atoms. The maximum absolute atomic E-state index is 13.1. The zero-order valence-corrected chi connectivity index (χ0v) is 22.2. The highest BCUT2D eigenvalue weighted by Crippen LogP contribution is 2.44. The number of hydrogen-bond acceptors (Lipinski definition) is 7. The minimum absolute atomic E-state index is 0.163. The molecule has 0 radical (unpaired) electrons. The number of carbonyl (C=O) groups excluding carboxylic acids is 2. The van der Waals surface area contributed by atoms with E-state index in [-0.39, 0.29) is 12.2 Å². The van der Waals surface area contributed by atoms with Crippen molar-refractivity contribution in [1.82, 2.24) is 20.0 Å². The Hall–Kier alpha value is -4.01. The number of aryl methyl sites for hydroxylation is 1. The molecule has 1 aliphatic rings. The Morgan fingerprint density at radius 3 is 2.47 bits per heavy atom. The Morgan fingerprint density at radius 2 is 1.87 bits per heavy atom. The van der Waals surface area contributed by atoms with Crippen LogP contribution >= 0.6 is 0 Å². The second-order valence-corrected chi connectivity index (χ2v) is 11.7. The van der Waals surface area contributed by atoms with E-state index in [9.17, 15) is 18.0 Å². The molecule has 38 heavy (non-hydrogen) atoms. The van der Waals surface area contributed by atoms with E-state index in [4.69, 9.17) is 5.26 Å². The van der Waals surface area contributed by atoms with Gasteiger partial charge in [-0.25, -0.2) is 8.42 Å². The molecule has 0 aliphatic heterocycles. The molecule has 198 valence electrons. The van der Waals surface area contributed by atoms with E-state index in [0.717, 1.165) is 5.56 Å². The van der Waals surface area contributed by atoms with Crippen molar-refractivity contribution in [1.29, 1.82) is 5.26 Å². The second-order valence-electron chi connectivity index (χ2n) is 9.59. The Morgan fingerprint density at radius 1 is 1.18 bits per heavy atom. The summed E-state index contributed by atoms with van der Waals surface area (Å²) in [4.78, 5) is 26.7. The highest BCUT2D eigenvalue weighted by molar-refractivity contribution is 7.94. The van der Waals surface area contributed by atoms with Crippen LogP contribution in [0.4, 0.5) is 5.69 Å². The van der Waals surface area contributed by atoms with Gasteiger partial charge in [0.15, 0.2) is 12.0 Å². The summed E-state index contributed by atoms with van der Waals surface area (Å²) in [5, 5.41) is 16.0. The van der Waals surface area contributed by atoms with E-state index in [1.165, 1.54) is 4.68 Å². The first-order valence-electron chi connectivity index (χ1n) is 12.2. The predicted octanol–water partition coefficient (Wildman–Crippen LogP) is 2.48. The van der Waals surface area contributed by atoms with E-state index >= 15 is 0 Å². The number of likely N-dealkylation sites (N-methyl/N-ethyl adjacent to an activating group) is 1. The SMILES string of the molecule is CN(CCc1c(C(=O)NCc2ccc(C#N)cc2)nn(C)c1C=O)CC1(S(=O)(=O)Nc2ccccc2)CC1. The molecule has 1 aliphatic carbocycles.